The molecule has 22 heavy (non-hydrogen) atoms. The lowest BCUT2D eigenvalue weighted by atomic mass is 10.0. The highest BCUT2D eigenvalue weighted by Gasteiger charge is 2.09. The molecule has 108 valence electrons. The van der Waals surface area contributed by atoms with Crippen molar-refractivity contribution >= 4 is 43.6 Å². The maximum Gasteiger partial charge on any atom is 0.318 e. The number of para-hydroxylation sites is 1. The van der Waals surface area contributed by atoms with Crippen LogP contribution in [0.1, 0.15) is 0 Å². The fourth-order valence-corrected chi connectivity index (χ4v) is 3.48. The van der Waals surface area contributed by atoms with Gasteiger partial charge in [0.25, 0.3) is 0 Å². The van der Waals surface area contributed by atoms with Crippen molar-refractivity contribution in [3.8, 4) is 11.1 Å². The van der Waals surface area contributed by atoms with Gasteiger partial charge in [0.05, 0.1) is 15.7 Å². The van der Waals surface area contributed by atoms with E-state index in [1.165, 1.54) is 16.7 Å². The van der Waals surface area contributed by atoms with E-state index in [4.69, 9.17) is 5.73 Å². The molecule has 0 aliphatic heterocycles. The number of amides is 2. The van der Waals surface area contributed by atoms with Crippen molar-refractivity contribution in [2.75, 3.05) is 5.32 Å². The molecular formula is C16H12N4OS. The molecule has 0 unspecified atom stereocenters. The predicted octanol–water partition coefficient (Wildman–Crippen LogP) is 3.94. The Morgan fingerprint density at radius 3 is 3.00 bits per heavy atom. The number of H-pyrrole nitrogens is 1. The number of aromatic nitrogens is 2. The highest BCUT2D eigenvalue weighted by Crippen LogP contribution is 2.33. The number of primary amides is 1. The number of fused-ring (bicyclic) bond motifs is 2. The summed E-state index contributed by atoms with van der Waals surface area (Å²) in [7, 11) is 0. The van der Waals surface area contributed by atoms with Gasteiger partial charge in [-0.3, -0.25) is 5.32 Å². The highest BCUT2D eigenvalue weighted by molar-refractivity contribution is 7.22. The summed E-state index contributed by atoms with van der Waals surface area (Å²) in [4.78, 5) is 18.5. The van der Waals surface area contributed by atoms with Gasteiger partial charge in [-0.1, -0.05) is 35.6 Å². The molecule has 4 aromatic rings. The molecule has 0 aliphatic carbocycles. The molecule has 0 saturated carbocycles. The molecule has 2 aromatic heterocycles. The fraction of sp³-hybridized carbons (Fsp3) is 0. The summed E-state index contributed by atoms with van der Waals surface area (Å²) in [6.45, 7) is 0. The van der Waals surface area contributed by atoms with E-state index in [-0.39, 0.29) is 0 Å². The van der Waals surface area contributed by atoms with Gasteiger partial charge in [-0.05, 0) is 29.1 Å². The summed E-state index contributed by atoms with van der Waals surface area (Å²) < 4.78 is 1.00. The van der Waals surface area contributed by atoms with Crippen LogP contribution >= 0.6 is 11.3 Å². The SMILES string of the molecule is NC(=O)Nc1nc2ccc(-c3cccc4cc[nH]c34)cc2s1. The number of nitrogens with one attached hydrogen (secondary N) is 2. The van der Waals surface area contributed by atoms with Gasteiger partial charge in [-0.2, -0.15) is 0 Å². The minimum Gasteiger partial charge on any atom is -0.361 e. The summed E-state index contributed by atoms with van der Waals surface area (Å²) in [5.41, 5.74) is 9.33. The third-order valence-corrected chi connectivity index (χ3v) is 4.45. The molecule has 0 radical (unpaired) electrons. The number of anilines is 1. The third kappa shape index (κ3) is 2.10. The number of thiazole rings is 1. The number of nitrogens with two attached hydrogens (primary N) is 1. The van der Waals surface area contributed by atoms with Gasteiger partial charge in [0.1, 0.15) is 0 Å². The lowest BCUT2D eigenvalue weighted by Crippen LogP contribution is -2.18. The zero-order valence-corrected chi connectivity index (χ0v) is 12.3. The van der Waals surface area contributed by atoms with Crippen molar-refractivity contribution in [2.24, 2.45) is 5.73 Å². The van der Waals surface area contributed by atoms with E-state index in [2.05, 4.69) is 39.6 Å². The van der Waals surface area contributed by atoms with Crippen molar-refractivity contribution in [1.29, 1.82) is 0 Å². The predicted molar refractivity (Wildman–Crippen MR) is 90.1 cm³/mol. The number of carbonyl (C=O) groups excluding carboxylic acids is 1. The van der Waals surface area contributed by atoms with Gasteiger partial charge >= 0.3 is 6.03 Å². The van der Waals surface area contributed by atoms with Gasteiger partial charge in [-0.15, -0.1) is 0 Å². The van der Waals surface area contributed by atoms with E-state index in [0.717, 1.165) is 26.9 Å². The minimum absolute atomic E-state index is 0.512. The van der Waals surface area contributed by atoms with Crippen LogP contribution in [0, 0.1) is 0 Å². The molecule has 4 rings (SSSR count). The monoisotopic (exact) mass is 308 g/mol. The summed E-state index contributed by atoms with van der Waals surface area (Å²) in [6, 6.07) is 13.7. The lowest BCUT2D eigenvalue weighted by Gasteiger charge is -2.03. The normalized spacial score (nSPS) is 11.1. The number of urea groups is 1. The van der Waals surface area contributed by atoms with Crippen LogP contribution in [0.15, 0.2) is 48.7 Å². The zero-order valence-electron chi connectivity index (χ0n) is 11.5. The Hall–Kier alpha value is -2.86. The average Bonchev–Trinajstić information content (AvgIpc) is 3.10. The van der Waals surface area contributed by atoms with E-state index in [9.17, 15) is 4.79 Å². The molecule has 2 amide bonds. The Morgan fingerprint density at radius 1 is 1.23 bits per heavy atom. The van der Waals surface area contributed by atoms with E-state index in [1.54, 1.807) is 0 Å². The number of benzene rings is 2. The number of hydrogen-bond acceptors (Lipinski definition) is 3. The first kappa shape index (κ1) is 12.8. The molecule has 0 saturated heterocycles. The Kier molecular flexibility index (Phi) is 2.83. The van der Waals surface area contributed by atoms with E-state index >= 15 is 0 Å². The molecule has 0 spiro atoms. The molecule has 5 nitrogen and oxygen atoms in total. The number of hydrogen-bond donors (Lipinski definition) is 3. The smallest absolute Gasteiger partial charge is 0.318 e. The summed E-state index contributed by atoms with van der Waals surface area (Å²) in [5.74, 6) is 0. The quantitative estimate of drug-likeness (QED) is 0.524. The first-order valence-electron chi connectivity index (χ1n) is 6.74. The van der Waals surface area contributed by atoms with Crippen LogP contribution in [0.25, 0.3) is 32.2 Å². The van der Waals surface area contributed by atoms with Gasteiger partial charge in [0.2, 0.25) is 0 Å². The first-order chi connectivity index (χ1) is 10.7. The summed E-state index contributed by atoms with van der Waals surface area (Å²) in [6.07, 6.45) is 1.94. The second-order valence-electron chi connectivity index (χ2n) is 4.94. The van der Waals surface area contributed by atoms with Crippen LogP contribution in [0.3, 0.4) is 0 Å². The molecule has 2 aromatic carbocycles. The fourth-order valence-electron chi connectivity index (χ4n) is 2.58. The van der Waals surface area contributed by atoms with Gasteiger partial charge in [-0.25, -0.2) is 9.78 Å². The van der Waals surface area contributed by atoms with Crippen molar-refractivity contribution in [1.82, 2.24) is 9.97 Å². The maximum absolute atomic E-state index is 10.9. The molecule has 2 heterocycles. The first-order valence-corrected chi connectivity index (χ1v) is 7.56. The number of aromatic amines is 1. The summed E-state index contributed by atoms with van der Waals surface area (Å²) in [5, 5.41) is 4.21. The van der Waals surface area contributed by atoms with Gasteiger partial charge in [0, 0.05) is 11.8 Å². The lowest BCUT2D eigenvalue weighted by molar-refractivity contribution is 0.259. The molecular weight excluding hydrogens is 296 g/mol. The highest BCUT2D eigenvalue weighted by atomic mass is 32.1. The zero-order chi connectivity index (χ0) is 15.1. The second kappa shape index (κ2) is 4.85. The van der Waals surface area contributed by atoms with Crippen molar-refractivity contribution < 1.29 is 4.79 Å². The Labute approximate surface area is 129 Å². The van der Waals surface area contributed by atoms with Crippen molar-refractivity contribution in [3.05, 3.63) is 48.7 Å². The van der Waals surface area contributed by atoms with Gasteiger partial charge in [0.15, 0.2) is 5.13 Å². The maximum atomic E-state index is 10.9. The standard InChI is InChI=1S/C16H12N4OS/c17-15(21)20-16-19-12-5-4-10(8-13(12)22-16)11-3-1-2-9-6-7-18-14(9)11/h1-8,18H,(H3,17,19,20,21). The van der Waals surface area contributed by atoms with Crippen LogP contribution in [0.2, 0.25) is 0 Å². The topological polar surface area (TPSA) is 83.8 Å². The van der Waals surface area contributed by atoms with Crippen LogP contribution in [-0.4, -0.2) is 16.0 Å². The van der Waals surface area contributed by atoms with Crippen LogP contribution < -0.4 is 11.1 Å². The van der Waals surface area contributed by atoms with E-state index in [1.807, 2.05) is 24.4 Å². The Balaban J connectivity index is 1.85. The molecule has 0 atom stereocenters. The van der Waals surface area contributed by atoms with Crippen molar-refractivity contribution in [3.63, 3.8) is 0 Å². The average molecular weight is 308 g/mol. The number of carbonyl (C=O) groups is 1. The molecule has 0 aliphatic rings. The Morgan fingerprint density at radius 2 is 2.14 bits per heavy atom. The van der Waals surface area contributed by atoms with Crippen LogP contribution in [-0.2, 0) is 0 Å². The summed E-state index contributed by atoms with van der Waals surface area (Å²) >= 11 is 1.41. The van der Waals surface area contributed by atoms with Crippen LogP contribution in [0.5, 0.6) is 0 Å². The molecule has 6 heteroatoms. The number of nitrogens with zero attached hydrogens (tertiary/aromatic N) is 1. The van der Waals surface area contributed by atoms with Crippen LogP contribution in [0.4, 0.5) is 9.93 Å². The third-order valence-electron chi connectivity index (χ3n) is 3.52. The molecule has 4 N–H and O–H groups in total. The van der Waals surface area contributed by atoms with Gasteiger partial charge < -0.3 is 10.7 Å². The minimum atomic E-state index is -0.601. The second-order valence-corrected chi connectivity index (χ2v) is 5.97. The number of rotatable bonds is 2. The Bertz CT molecular complexity index is 1000. The molecule has 0 bridgehead atoms. The largest absolute Gasteiger partial charge is 0.361 e. The van der Waals surface area contributed by atoms with E-state index < -0.39 is 6.03 Å². The van der Waals surface area contributed by atoms with Crippen molar-refractivity contribution in [2.45, 2.75) is 0 Å². The van der Waals surface area contributed by atoms with E-state index in [0.29, 0.717) is 5.13 Å². The molecule has 0 fully saturated rings.